The molecule has 0 atom stereocenters. The van der Waals surface area contributed by atoms with Gasteiger partial charge < -0.3 is 9.64 Å². The Morgan fingerprint density at radius 1 is 1.33 bits per heavy atom. The number of halogens is 1. The standard InChI is InChI=1S/C12H18BrNO/c1-10-9-11(5-6-12(10)13)15-8-4-7-14(2)3/h5-6,9H,4,7-8H2,1-3H3. The van der Waals surface area contributed by atoms with E-state index in [1.807, 2.05) is 12.1 Å². The van der Waals surface area contributed by atoms with Gasteiger partial charge in [0.05, 0.1) is 6.61 Å². The van der Waals surface area contributed by atoms with Crippen LogP contribution in [0.3, 0.4) is 0 Å². The van der Waals surface area contributed by atoms with Gasteiger partial charge in [0.15, 0.2) is 0 Å². The van der Waals surface area contributed by atoms with Gasteiger partial charge in [0.1, 0.15) is 5.75 Å². The molecule has 0 spiro atoms. The van der Waals surface area contributed by atoms with E-state index in [-0.39, 0.29) is 0 Å². The molecule has 0 amide bonds. The number of benzene rings is 1. The van der Waals surface area contributed by atoms with Gasteiger partial charge >= 0.3 is 0 Å². The van der Waals surface area contributed by atoms with Crippen LogP contribution >= 0.6 is 15.9 Å². The van der Waals surface area contributed by atoms with E-state index >= 15 is 0 Å². The molecule has 0 N–H and O–H groups in total. The molecule has 3 heteroatoms. The van der Waals surface area contributed by atoms with Crippen molar-refractivity contribution in [1.29, 1.82) is 0 Å². The molecule has 0 fully saturated rings. The van der Waals surface area contributed by atoms with Crippen LogP contribution in [0.1, 0.15) is 12.0 Å². The summed E-state index contributed by atoms with van der Waals surface area (Å²) >= 11 is 3.47. The summed E-state index contributed by atoms with van der Waals surface area (Å²) in [5, 5.41) is 0. The zero-order valence-electron chi connectivity index (χ0n) is 9.59. The summed E-state index contributed by atoms with van der Waals surface area (Å²) in [6, 6.07) is 6.07. The molecule has 1 aromatic rings. The van der Waals surface area contributed by atoms with E-state index in [9.17, 15) is 0 Å². The maximum Gasteiger partial charge on any atom is 0.119 e. The first-order chi connectivity index (χ1) is 7.09. The third kappa shape index (κ3) is 4.67. The summed E-state index contributed by atoms with van der Waals surface area (Å²) in [5.74, 6) is 0.953. The van der Waals surface area contributed by atoms with Crippen molar-refractivity contribution in [1.82, 2.24) is 4.90 Å². The Balaban J connectivity index is 2.35. The van der Waals surface area contributed by atoms with E-state index in [1.165, 1.54) is 5.56 Å². The van der Waals surface area contributed by atoms with E-state index in [4.69, 9.17) is 4.74 Å². The molecule has 0 saturated heterocycles. The van der Waals surface area contributed by atoms with Gasteiger partial charge in [0.25, 0.3) is 0 Å². The number of nitrogens with zero attached hydrogens (tertiary/aromatic N) is 1. The minimum absolute atomic E-state index is 0.777. The van der Waals surface area contributed by atoms with E-state index in [1.54, 1.807) is 0 Å². The molecular weight excluding hydrogens is 254 g/mol. The lowest BCUT2D eigenvalue weighted by atomic mass is 10.2. The second kappa shape index (κ2) is 6.13. The molecular formula is C12H18BrNO. The smallest absolute Gasteiger partial charge is 0.119 e. The van der Waals surface area contributed by atoms with Crippen LogP contribution in [-0.2, 0) is 0 Å². The quantitative estimate of drug-likeness (QED) is 0.764. The molecule has 1 rings (SSSR count). The highest BCUT2D eigenvalue weighted by atomic mass is 79.9. The van der Waals surface area contributed by atoms with Gasteiger partial charge in [-0.05, 0) is 51.2 Å². The van der Waals surface area contributed by atoms with E-state index < -0.39 is 0 Å². The first-order valence-corrected chi connectivity index (χ1v) is 5.92. The topological polar surface area (TPSA) is 12.5 Å². The van der Waals surface area contributed by atoms with Crippen molar-refractivity contribution in [3.63, 3.8) is 0 Å². The maximum atomic E-state index is 5.64. The fraction of sp³-hybridized carbons (Fsp3) is 0.500. The number of aryl methyl sites for hydroxylation is 1. The number of hydrogen-bond acceptors (Lipinski definition) is 2. The van der Waals surface area contributed by atoms with Crippen LogP contribution in [-0.4, -0.2) is 32.1 Å². The zero-order valence-corrected chi connectivity index (χ0v) is 11.2. The average molecular weight is 272 g/mol. The molecule has 1 aromatic carbocycles. The van der Waals surface area contributed by atoms with Crippen molar-refractivity contribution >= 4 is 15.9 Å². The van der Waals surface area contributed by atoms with Crippen molar-refractivity contribution in [3.05, 3.63) is 28.2 Å². The van der Waals surface area contributed by atoms with Gasteiger partial charge in [0.2, 0.25) is 0 Å². The molecule has 0 aliphatic carbocycles. The van der Waals surface area contributed by atoms with Gasteiger partial charge in [-0.2, -0.15) is 0 Å². The highest BCUT2D eigenvalue weighted by Gasteiger charge is 1.98. The monoisotopic (exact) mass is 271 g/mol. The molecule has 0 saturated carbocycles. The summed E-state index contributed by atoms with van der Waals surface area (Å²) in [4.78, 5) is 2.16. The second-order valence-corrected chi connectivity index (χ2v) is 4.77. The van der Waals surface area contributed by atoms with Crippen molar-refractivity contribution in [2.75, 3.05) is 27.2 Å². The Morgan fingerprint density at radius 2 is 2.07 bits per heavy atom. The number of rotatable bonds is 5. The molecule has 0 aliphatic rings. The van der Waals surface area contributed by atoms with Gasteiger partial charge in [-0.1, -0.05) is 15.9 Å². The molecule has 15 heavy (non-hydrogen) atoms. The zero-order chi connectivity index (χ0) is 11.3. The van der Waals surface area contributed by atoms with Crippen LogP contribution in [0.15, 0.2) is 22.7 Å². The molecule has 0 radical (unpaired) electrons. The predicted octanol–water partition coefficient (Wildman–Crippen LogP) is 3.09. The lowest BCUT2D eigenvalue weighted by molar-refractivity contribution is 0.281. The predicted molar refractivity (Wildman–Crippen MR) is 67.5 cm³/mol. The molecule has 0 aliphatic heterocycles. The van der Waals surface area contributed by atoms with Gasteiger partial charge in [-0.3, -0.25) is 0 Å². The van der Waals surface area contributed by atoms with Crippen LogP contribution < -0.4 is 4.74 Å². The third-order valence-electron chi connectivity index (χ3n) is 2.15. The highest BCUT2D eigenvalue weighted by Crippen LogP contribution is 2.21. The largest absolute Gasteiger partial charge is 0.494 e. The highest BCUT2D eigenvalue weighted by molar-refractivity contribution is 9.10. The number of hydrogen-bond donors (Lipinski definition) is 0. The molecule has 0 aromatic heterocycles. The van der Waals surface area contributed by atoms with Crippen molar-refractivity contribution in [3.8, 4) is 5.75 Å². The Morgan fingerprint density at radius 3 is 2.67 bits per heavy atom. The maximum absolute atomic E-state index is 5.64. The molecule has 2 nitrogen and oxygen atoms in total. The summed E-state index contributed by atoms with van der Waals surface area (Å²) in [5.41, 5.74) is 1.21. The van der Waals surface area contributed by atoms with Crippen LogP contribution in [0.25, 0.3) is 0 Å². The van der Waals surface area contributed by atoms with E-state index in [2.05, 4.69) is 47.9 Å². The molecule has 84 valence electrons. The molecule has 0 unspecified atom stereocenters. The van der Waals surface area contributed by atoms with Gasteiger partial charge in [0, 0.05) is 11.0 Å². The summed E-state index contributed by atoms with van der Waals surface area (Å²) in [7, 11) is 4.15. The summed E-state index contributed by atoms with van der Waals surface area (Å²) in [6.07, 6.45) is 1.06. The van der Waals surface area contributed by atoms with E-state index in [0.717, 1.165) is 29.8 Å². The average Bonchev–Trinajstić information content (AvgIpc) is 2.18. The van der Waals surface area contributed by atoms with Gasteiger partial charge in [-0.15, -0.1) is 0 Å². The van der Waals surface area contributed by atoms with Crippen LogP contribution in [0.5, 0.6) is 5.75 Å². The third-order valence-corrected chi connectivity index (χ3v) is 3.04. The van der Waals surface area contributed by atoms with E-state index in [0.29, 0.717) is 0 Å². The minimum Gasteiger partial charge on any atom is -0.494 e. The van der Waals surface area contributed by atoms with Crippen molar-refractivity contribution in [2.24, 2.45) is 0 Å². The normalized spacial score (nSPS) is 10.7. The fourth-order valence-electron chi connectivity index (χ4n) is 1.28. The Bertz CT molecular complexity index is 312. The Labute approximate surface area is 100 Å². The van der Waals surface area contributed by atoms with Crippen molar-refractivity contribution < 1.29 is 4.74 Å². The summed E-state index contributed by atoms with van der Waals surface area (Å²) in [6.45, 7) is 3.91. The summed E-state index contributed by atoms with van der Waals surface area (Å²) < 4.78 is 6.77. The first kappa shape index (κ1) is 12.5. The lowest BCUT2D eigenvalue weighted by Gasteiger charge is -2.11. The Kier molecular flexibility index (Phi) is 5.12. The van der Waals surface area contributed by atoms with Crippen LogP contribution in [0.2, 0.25) is 0 Å². The Hall–Kier alpha value is -0.540. The SMILES string of the molecule is Cc1cc(OCCCN(C)C)ccc1Br. The second-order valence-electron chi connectivity index (χ2n) is 3.92. The fourth-order valence-corrected chi connectivity index (χ4v) is 1.52. The first-order valence-electron chi connectivity index (χ1n) is 5.13. The lowest BCUT2D eigenvalue weighted by Crippen LogP contribution is -2.15. The van der Waals surface area contributed by atoms with Gasteiger partial charge in [-0.25, -0.2) is 0 Å². The molecule has 0 bridgehead atoms. The van der Waals surface area contributed by atoms with Crippen LogP contribution in [0.4, 0.5) is 0 Å². The minimum atomic E-state index is 0.777. The van der Waals surface area contributed by atoms with Crippen molar-refractivity contribution in [2.45, 2.75) is 13.3 Å². The molecule has 0 heterocycles. The van der Waals surface area contributed by atoms with Crippen LogP contribution in [0, 0.1) is 6.92 Å². The number of ether oxygens (including phenoxy) is 1.